The fourth-order valence-corrected chi connectivity index (χ4v) is 3.75. The molecule has 3 aromatic rings. The molecule has 188 valence electrons. The van der Waals surface area contributed by atoms with Gasteiger partial charge >= 0.3 is 5.97 Å². The standard InChI is InChI=1S/C28H26F3NO4/c1-18(33)36-17-21(14-19-2-8-23(29)9-3-19)16-27(34)26(15-20-4-10-24(30)11-5-20)32-28(35)22-6-12-25(31)13-7-22/h2-13,21,26H,14-17H2,1H3,(H,32,35)/t21-,26+/m1/s1. The van der Waals surface area contributed by atoms with Crippen molar-refractivity contribution in [1.82, 2.24) is 5.32 Å². The molecule has 36 heavy (non-hydrogen) atoms. The van der Waals surface area contributed by atoms with Gasteiger partial charge in [-0.3, -0.25) is 14.4 Å². The minimum absolute atomic E-state index is 0.0341. The Bertz CT molecular complexity index is 1180. The Labute approximate surface area is 207 Å². The third-order valence-electron chi connectivity index (χ3n) is 5.60. The molecule has 8 heteroatoms. The van der Waals surface area contributed by atoms with E-state index < -0.39 is 41.3 Å². The predicted octanol–water partition coefficient (Wildman–Crippen LogP) is 4.83. The average molecular weight is 498 g/mol. The molecule has 3 rings (SSSR count). The third kappa shape index (κ3) is 8.37. The van der Waals surface area contributed by atoms with Crippen molar-refractivity contribution in [1.29, 1.82) is 0 Å². The lowest BCUT2D eigenvalue weighted by Crippen LogP contribution is -2.43. The van der Waals surface area contributed by atoms with Crippen molar-refractivity contribution in [3.05, 3.63) is 107 Å². The maximum absolute atomic E-state index is 13.4. The highest BCUT2D eigenvalue weighted by Crippen LogP contribution is 2.18. The maximum Gasteiger partial charge on any atom is 0.302 e. The highest BCUT2D eigenvalue weighted by molar-refractivity contribution is 5.98. The van der Waals surface area contributed by atoms with Gasteiger partial charge < -0.3 is 10.1 Å². The van der Waals surface area contributed by atoms with Crippen molar-refractivity contribution in [2.75, 3.05) is 6.61 Å². The Balaban J connectivity index is 1.79. The van der Waals surface area contributed by atoms with Crippen LogP contribution in [0.1, 0.15) is 34.8 Å². The summed E-state index contributed by atoms with van der Waals surface area (Å²) in [6, 6.07) is 15.3. The number of benzene rings is 3. The molecular formula is C28H26F3NO4. The zero-order chi connectivity index (χ0) is 26.1. The smallest absolute Gasteiger partial charge is 0.302 e. The molecule has 0 bridgehead atoms. The summed E-state index contributed by atoms with van der Waals surface area (Å²) in [4.78, 5) is 37.6. The summed E-state index contributed by atoms with van der Waals surface area (Å²) < 4.78 is 45.1. The molecule has 0 fully saturated rings. The maximum atomic E-state index is 13.4. The molecular weight excluding hydrogens is 471 g/mol. The number of Topliss-reactive ketones (excluding diaryl/α,β-unsaturated/α-hetero) is 1. The third-order valence-corrected chi connectivity index (χ3v) is 5.60. The SMILES string of the molecule is CC(=O)OC[C@@H](CC(=O)[C@H](Cc1ccc(F)cc1)NC(=O)c1ccc(F)cc1)Cc1ccc(F)cc1. The van der Waals surface area contributed by atoms with Crippen LogP contribution >= 0.6 is 0 Å². The van der Waals surface area contributed by atoms with Crippen LogP contribution in [0.3, 0.4) is 0 Å². The summed E-state index contributed by atoms with van der Waals surface area (Å²) in [6.07, 6.45) is 0.400. The summed E-state index contributed by atoms with van der Waals surface area (Å²) in [5.41, 5.74) is 1.56. The number of carbonyl (C=O) groups excluding carboxylic acids is 3. The average Bonchev–Trinajstić information content (AvgIpc) is 2.85. The Morgan fingerprint density at radius 2 is 1.22 bits per heavy atom. The van der Waals surface area contributed by atoms with Gasteiger partial charge in [-0.2, -0.15) is 0 Å². The second-order valence-corrected chi connectivity index (χ2v) is 8.53. The summed E-state index contributed by atoms with van der Waals surface area (Å²) in [5.74, 6) is -3.14. The second kappa shape index (κ2) is 12.7. The van der Waals surface area contributed by atoms with E-state index in [9.17, 15) is 27.6 Å². The van der Waals surface area contributed by atoms with Crippen LogP contribution < -0.4 is 5.32 Å². The molecule has 2 atom stereocenters. The minimum atomic E-state index is -0.971. The molecule has 0 aliphatic carbocycles. The molecule has 0 saturated heterocycles. The number of esters is 1. The number of nitrogens with one attached hydrogen (secondary N) is 1. The number of hydrogen-bond donors (Lipinski definition) is 1. The minimum Gasteiger partial charge on any atom is -0.466 e. The van der Waals surface area contributed by atoms with Crippen LogP contribution in [-0.4, -0.2) is 30.3 Å². The Morgan fingerprint density at radius 3 is 1.72 bits per heavy atom. The number of amides is 1. The number of carbonyl (C=O) groups is 3. The van der Waals surface area contributed by atoms with E-state index in [0.717, 1.165) is 17.7 Å². The number of ether oxygens (including phenoxy) is 1. The summed E-state index contributed by atoms with van der Waals surface area (Å²) in [6.45, 7) is 1.23. The van der Waals surface area contributed by atoms with E-state index in [2.05, 4.69) is 5.32 Å². The van der Waals surface area contributed by atoms with E-state index in [-0.39, 0.29) is 30.8 Å². The first-order valence-corrected chi connectivity index (χ1v) is 11.4. The van der Waals surface area contributed by atoms with E-state index in [1.165, 1.54) is 55.5 Å². The lowest BCUT2D eigenvalue weighted by Gasteiger charge is -2.22. The van der Waals surface area contributed by atoms with Gasteiger partial charge in [-0.1, -0.05) is 24.3 Å². The molecule has 0 aliphatic rings. The number of rotatable bonds is 11. The highest BCUT2D eigenvalue weighted by Gasteiger charge is 2.26. The molecule has 0 unspecified atom stereocenters. The van der Waals surface area contributed by atoms with Gasteiger partial charge in [-0.05, 0) is 72.5 Å². The van der Waals surface area contributed by atoms with Crippen LogP contribution in [0.25, 0.3) is 0 Å². The van der Waals surface area contributed by atoms with Crippen molar-refractivity contribution < 1.29 is 32.3 Å². The van der Waals surface area contributed by atoms with E-state index in [0.29, 0.717) is 12.0 Å². The lowest BCUT2D eigenvalue weighted by atomic mass is 9.90. The Morgan fingerprint density at radius 1 is 0.750 bits per heavy atom. The van der Waals surface area contributed by atoms with E-state index in [1.807, 2.05) is 0 Å². The van der Waals surface area contributed by atoms with Crippen molar-refractivity contribution >= 4 is 17.7 Å². The van der Waals surface area contributed by atoms with Gasteiger partial charge in [-0.25, -0.2) is 13.2 Å². The van der Waals surface area contributed by atoms with Crippen molar-refractivity contribution in [2.45, 2.75) is 32.2 Å². The fourth-order valence-electron chi connectivity index (χ4n) is 3.75. The van der Waals surface area contributed by atoms with Gasteiger partial charge in [0.2, 0.25) is 0 Å². The van der Waals surface area contributed by atoms with E-state index in [4.69, 9.17) is 4.74 Å². The van der Waals surface area contributed by atoms with Crippen molar-refractivity contribution in [3.63, 3.8) is 0 Å². The molecule has 5 nitrogen and oxygen atoms in total. The first kappa shape index (κ1) is 26.7. The molecule has 3 aromatic carbocycles. The van der Waals surface area contributed by atoms with Gasteiger partial charge in [0, 0.05) is 24.8 Å². The second-order valence-electron chi connectivity index (χ2n) is 8.53. The normalized spacial score (nSPS) is 12.4. The van der Waals surface area contributed by atoms with Crippen molar-refractivity contribution in [2.24, 2.45) is 5.92 Å². The van der Waals surface area contributed by atoms with Gasteiger partial charge in [0.1, 0.15) is 17.5 Å². The van der Waals surface area contributed by atoms with Crippen LogP contribution in [0.2, 0.25) is 0 Å². The first-order chi connectivity index (χ1) is 17.2. The largest absolute Gasteiger partial charge is 0.466 e. The molecule has 1 amide bonds. The van der Waals surface area contributed by atoms with Gasteiger partial charge in [0.25, 0.3) is 5.91 Å². The topological polar surface area (TPSA) is 72.5 Å². The highest BCUT2D eigenvalue weighted by atomic mass is 19.1. The van der Waals surface area contributed by atoms with E-state index in [1.54, 1.807) is 12.1 Å². The van der Waals surface area contributed by atoms with Gasteiger partial charge in [-0.15, -0.1) is 0 Å². The molecule has 0 heterocycles. The van der Waals surface area contributed by atoms with Crippen molar-refractivity contribution in [3.8, 4) is 0 Å². The van der Waals surface area contributed by atoms with E-state index >= 15 is 0 Å². The Kier molecular flexibility index (Phi) is 9.39. The molecule has 0 aliphatic heterocycles. The molecule has 0 radical (unpaired) electrons. The fraction of sp³-hybridized carbons (Fsp3) is 0.250. The number of ketones is 1. The zero-order valence-electron chi connectivity index (χ0n) is 19.7. The van der Waals surface area contributed by atoms with Crippen LogP contribution in [0.5, 0.6) is 0 Å². The number of hydrogen-bond acceptors (Lipinski definition) is 4. The summed E-state index contributed by atoms with van der Waals surface area (Å²) >= 11 is 0. The van der Waals surface area contributed by atoms with Crippen LogP contribution in [0.15, 0.2) is 72.8 Å². The molecule has 0 aromatic heterocycles. The predicted molar refractivity (Wildman–Crippen MR) is 128 cm³/mol. The van der Waals surface area contributed by atoms with Gasteiger partial charge in [0.05, 0.1) is 12.6 Å². The zero-order valence-corrected chi connectivity index (χ0v) is 19.7. The lowest BCUT2D eigenvalue weighted by molar-refractivity contribution is -0.143. The quantitative estimate of drug-likeness (QED) is 0.386. The summed E-state index contributed by atoms with van der Waals surface area (Å²) in [7, 11) is 0. The van der Waals surface area contributed by atoms with Crippen LogP contribution in [0.4, 0.5) is 13.2 Å². The van der Waals surface area contributed by atoms with Gasteiger partial charge in [0.15, 0.2) is 5.78 Å². The summed E-state index contributed by atoms with van der Waals surface area (Å²) in [5, 5.41) is 2.70. The molecule has 1 N–H and O–H groups in total. The Hall–Kier alpha value is -3.94. The molecule has 0 spiro atoms. The first-order valence-electron chi connectivity index (χ1n) is 11.4. The van der Waals surface area contributed by atoms with Crippen LogP contribution in [0, 0.1) is 23.4 Å². The number of halogens is 3. The monoisotopic (exact) mass is 497 g/mol. The van der Waals surface area contributed by atoms with Crippen LogP contribution in [-0.2, 0) is 27.2 Å². The molecule has 0 saturated carbocycles.